The molecule has 1 aliphatic heterocycles. The quantitative estimate of drug-likeness (QED) is 0.339. The summed E-state index contributed by atoms with van der Waals surface area (Å²) in [7, 11) is 3.43. The molecule has 4 atom stereocenters. The first kappa shape index (κ1) is 35.0. The minimum atomic E-state index is -0.998. The summed E-state index contributed by atoms with van der Waals surface area (Å²) in [5.74, 6) is -1.91. The Balaban J connectivity index is 2.34. The van der Waals surface area contributed by atoms with Crippen molar-refractivity contribution in [2.75, 3.05) is 20.6 Å². The van der Waals surface area contributed by atoms with Crippen LogP contribution in [0.15, 0.2) is 42.0 Å². The molecule has 1 fully saturated rings. The molecule has 0 bridgehead atoms. The van der Waals surface area contributed by atoms with E-state index in [0.29, 0.717) is 18.5 Å². The fourth-order valence-corrected chi connectivity index (χ4v) is 5.82. The third-order valence-electron chi connectivity index (χ3n) is 8.47. The molecule has 0 radical (unpaired) electrons. The lowest BCUT2D eigenvalue weighted by atomic mass is 9.76. The highest BCUT2D eigenvalue weighted by Gasteiger charge is 2.42. The molecular formula is C33H52N4O5. The predicted octanol–water partition coefficient (Wildman–Crippen LogP) is 3.98. The van der Waals surface area contributed by atoms with Crippen LogP contribution in [0.4, 0.5) is 0 Å². The number of carboxylic acids is 1. The zero-order chi connectivity index (χ0) is 32.0. The van der Waals surface area contributed by atoms with E-state index in [4.69, 9.17) is 0 Å². The Labute approximate surface area is 252 Å². The highest BCUT2D eigenvalue weighted by atomic mass is 16.4. The summed E-state index contributed by atoms with van der Waals surface area (Å²) < 4.78 is 0. The molecule has 9 heteroatoms. The number of amides is 3. The minimum Gasteiger partial charge on any atom is -0.480 e. The number of rotatable bonds is 11. The normalized spacial score (nSPS) is 18.7. The van der Waals surface area contributed by atoms with Gasteiger partial charge in [-0.05, 0) is 50.1 Å². The maximum Gasteiger partial charge on any atom is 0.326 e. The summed E-state index contributed by atoms with van der Waals surface area (Å²) in [6, 6.07) is 7.08. The highest BCUT2D eigenvalue weighted by molar-refractivity contribution is 5.96. The summed E-state index contributed by atoms with van der Waals surface area (Å²) in [5.41, 5.74) is 0.242. The molecule has 0 aromatic heterocycles. The average molecular weight is 585 g/mol. The van der Waals surface area contributed by atoms with Crippen LogP contribution in [0.3, 0.4) is 0 Å². The summed E-state index contributed by atoms with van der Waals surface area (Å²) in [6.07, 6.45) is 3.72. The molecule has 1 saturated heterocycles. The predicted molar refractivity (Wildman–Crippen MR) is 166 cm³/mol. The molecule has 1 aromatic carbocycles. The van der Waals surface area contributed by atoms with E-state index < -0.39 is 41.0 Å². The molecule has 42 heavy (non-hydrogen) atoms. The van der Waals surface area contributed by atoms with Crippen LogP contribution in [0.5, 0.6) is 0 Å². The van der Waals surface area contributed by atoms with Crippen molar-refractivity contribution in [1.82, 2.24) is 20.4 Å². The Morgan fingerprint density at radius 1 is 1.02 bits per heavy atom. The second-order valence-electron chi connectivity index (χ2n) is 13.5. The number of hydrogen-bond donors (Lipinski definition) is 3. The van der Waals surface area contributed by atoms with Gasteiger partial charge < -0.3 is 25.5 Å². The van der Waals surface area contributed by atoms with Gasteiger partial charge in [-0.1, -0.05) is 84.9 Å². The topological polar surface area (TPSA) is 119 Å². The molecule has 9 nitrogen and oxygen atoms in total. The van der Waals surface area contributed by atoms with Crippen LogP contribution in [0.1, 0.15) is 80.2 Å². The maximum atomic E-state index is 14.1. The van der Waals surface area contributed by atoms with E-state index in [0.717, 1.165) is 18.4 Å². The Morgan fingerprint density at radius 2 is 1.62 bits per heavy atom. The maximum absolute atomic E-state index is 14.1. The Kier molecular flexibility index (Phi) is 11.9. The molecule has 3 N–H and O–H groups in total. The van der Waals surface area contributed by atoms with Gasteiger partial charge in [0.15, 0.2) is 0 Å². The zero-order valence-electron chi connectivity index (χ0n) is 27.2. The van der Waals surface area contributed by atoms with E-state index in [2.05, 4.69) is 10.6 Å². The second kappa shape index (κ2) is 14.3. The van der Waals surface area contributed by atoms with Gasteiger partial charge in [0.25, 0.3) is 0 Å². The SMILES string of the molecule is CN[C@H](C(=O)N[C@H](C(=O)N(C)[C@H](/C=C(\C)C(=O)N1CCCC[C@@H]1C(=O)O)C(C)C)C(C)(C)C)C(C)(C)c1ccccc1. The summed E-state index contributed by atoms with van der Waals surface area (Å²) in [5, 5.41) is 15.9. The molecule has 0 aliphatic carbocycles. The van der Waals surface area contributed by atoms with Crippen molar-refractivity contribution >= 4 is 23.7 Å². The van der Waals surface area contributed by atoms with E-state index in [9.17, 15) is 24.3 Å². The van der Waals surface area contributed by atoms with Gasteiger partial charge in [0, 0.05) is 24.6 Å². The van der Waals surface area contributed by atoms with Gasteiger partial charge in [0.1, 0.15) is 12.1 Å². The van der Waals surface area contributed by atoms with E-state index in [1.165, 1.54) is 4.90 Å². The van der Waals surface area contributed by atoms with Crippen LogP contribution < -0.4 is 10.6 Å². The molecule has 0 unspecified atom stereocenters. The van der Waals surface area contributed by atoms with Gasteiger partial charge in [-0.15, -0.1) is 0 Å². The lowest BCUT2D eigenvalue weighted by Crippen LogP contribution is -2.61. The number of nitrogens with zero attached hydrogens (tertiary/aromatic N) is 2. The van der Waals surface area contributed by atoms with Crippen LogP contribution in [0.25, 0.3) is 0 Å². The molecular weight excluding hydrogens is 532 g/mol. The van der Waals surface area contributed by atoms with Crippen LogP contribution in [-0.4, -0.2) is 83.4 Å². The number of likely N-dealkylation sites (N-methyl/N-ethyl adjacent to an activating group) is 2. The minimum absolute atomic E-state index is 0.0447. The first-order valence-electron chi connectivity index (χ1n) is 15.0. The molecule has 1 aromatic rings. The van der Waals surface area contributed by atoms with Crippen molar-refractivity contribution in [1.29, 1.82) is 0 Å². The highest BCUT2D eigenvalue weighted by Crippen LogP contribution is 2.29. The van der Waals surface area contributed by atoms with Crippen molar-refractivity contribution in [3.8, 4) is 0 Å². The molecule has 2 rings (SSSR count). The van der Waals surface area contributed by atoms with Crippen molar-refractivity contribution in [2.24, 2.45) is 11.3 Å². The second-order valence-corrected chi connectivity index (χ2v) is 13.5. The van der Waals surface area contributed by atoms with Gasteiger partial charge >= 0.3 is 5.97 Å². The molecule has 0 spiro atoms. The fourth-order valence-electron chi connectivity index (χ4n) is 5.82. The van der Waals surface area contributed by atoms with Crippen LogP contribution in [0.2, 0.25) is 0 Å². The van der Waals surface area contributed by atoms with E-state index in [1.54, 1.807) is 32.0 Å². The zero-order valence-corrected chi connectivity index (χ0v) is 27.2. The number of likely N-dealkylation sites (tertiary alicyclic amines) is 1. The van der Waals surface area contributed by atoms with Crippen molar-refractivity contribution < 1.29 is 24.3 Å². The van der Waals surface area contributed by atoms with Gasteiger partial charge in [-0.3, -0.25) is 14.4 Å². The van der Waals surface area contributed by atoms with Gasteiger partial charge in [-0.25, -0.2) is 4.79 Å². The van der Waals surface area contributed by atoms with E-state index in [-0.39, 0.29) is 23.6 Å². The van der Waals surface area contributed by atoms with E-state index >= 15 is 0 Å². The molecule has 1 heterocycles. The van der Waals surface area contributed by atoms with Crippen LogP contribution >= 0.6 is 0 Å². The fraction of sp³-hybridized carbons (Fsp3) is 0.636. The van der Waals surface area contributed by atoms with Crippen LogP contribution in [0, 0.1) is 11.3 Å². The number of carbonyl (C=O) groups is 4. The number of carbonyl (C=O) groups excluding carboxylic acids is 3. The number of benzene rings is 1. The summed E-state index contributed by atoms with van der Waals surface area (Å²) in [6.45, 7) is 15.7. The Bertz CT molecular complexity index is 1140. The van der Waals surface area contributed by atoms with Gasteiger partial charge in [0.05, 0.1) is 12.1 Å². The largest absolute Gasteiger partial charge is 0.480 e. The molecule has 1 aliphatic rings. The lowest BCUT2D eigenvalue weighted by molar-refractivity contribution is -0.150. The molecule has 0 saturated carbocycles. The first-order valence-corrected chi connectivity index (χ1v) is 15.0. The first-order chi connectivity index (χ1) is 19.4. The van der Waals surface area contributed by atoms with Crippen molar-refractivity contribution in [3.63, 3.8) is 0 Å². The van der Waals surface area contributed by atoms with E-state index in [1.807, 2.05) is 78.8 Å². The smallest absolute Gasteiger partial charge is 0.326 e. The number of carboxylic acid groups (broad SMARTS) is 1. The number of nitrogens with one attached hydrogen (secondary N) is 2. The monoisotopic (exact) mass is 584 g/mol. The lowest BCUT2D eigenvalue weighted by Gasteiger charge is -2.40. The van der Waals surface area contributed by atoms with Gasteiger partial charge in [-0.2, -0.15) is 0 Å². The summed E-state index contributed by atoms with van der Waals surface area (Å²) in [4.78, 5) is 56.0. The molecule has 3 amide bonds. The van der Waals surface area contributed by atoms with Crippen LogP contribution in [-0.2, 0) is 24.6 Å². The standard InChI is InChI=1S/C33H52N4O5/c1-21(2)25(20-22(3)29(39)37-19-15-14-18-24(37)31(41)42)36(10)30(40)27(32(4,5)6)35-28(38)26(34-9)33(7,8)23-16-12-11-13-17-23/h11-13,16-17,20-21,24-27,34H,14-15,18-19H2,1-10H3,(H,35,38)(H,41,42)/b22-20+/t24-,25-,26-,27-/m1/s1. The number of piperidine rings is 1. The molecule has 234 valence electrons. The Hall–Kier alpha value is -3.20. The third-order valence-corrected chi connectivity index (χ3v) is 8.47. The number of aliphatic carboxylic acids is 1. The average Bonchev–Trinajstić information content (AvgIpc) is 2.93. The van der Waals surface area contributed by atoms with Gasteiger partial charge in [0.2, 0.25) is 17.7 Å². The van der Waals surface area contributed by atoms with Crippen molar-refractivity contribution in [3.05, 3.63) is 47.5 Å². The Morgan fingerprint density at radius 3 is 2.12 bits per heavy atom. The summed E-state index contributed by atoms with van der Waals surface area (Å²) >= 11 is 0. The third kappa shape index (κ3) is 8.21. The van der Waals surface area contributed by atoms with Crippen molar-refractivity contribution in [2.45, 2.75) is 104 Å². The number of hydrogen-bond acceptors (Lipinski definition) is 5.